The van der Waals surface area contributed by atoms with Gasteiger partial charge in [-0.15, -0.1) is 0 Å². The molecule has 0 heterocycles. The second-order valence-electron chi connectivity index (χ2n) is 4.80. The largest absolute Gasteiger partial charge is 0.384 e. The minimum absolute atomic E-state index is 0.640. The molecule has 1 aromatic carbocycles. The Labute approximate surface area is 91.3 Å². The van der Waals surface area contributed by atoms with Crippen molar-refractivity contribution in [2.45, 2.75) is 38.3 Å². The molecule has 0 radical (unpaired) electrons. The third-order valence-corrected chi connectivity index (χ3v) is 2.99. The molecular formula is C13H19NO. The molecule has 2 heteroatoms. The minimum atomic E-state index is -0.754. The van der Waals surface area contributed by atoms with Gasteiger partial charge >= 0.3 is 0 Å². The molecule has 82 valence electrons. The molecule has 0 aliphatic heterocycles. The predicted octanol–water partition coefficient (Wildman–Crippen LogP) is 1.95. The summed E-state index contributed by atoms with van der Waals surface area (Å²) < 4.78 is 0. The Bertz CT molecular complexity index is 325. The zero-order valence-corrected chi connectivity index (χ0v) is 9.46. The Balaban J connectivity index is 2.02. The van der Waals surface area contributed by atoms with Gasteiger partial charge in [0.1, 0.15) is 0 Å². The zero-order valence-electron chi connectivity index (χ0n) is 9.46. The van der Waals surface area contributed by atoms with E-state index >= 15 is 0 Å². The highest BCUT2D eigenvalue weighted by atomic mass is 16.3. The van der Waals surface area contributed by atoms with Crippen molar-refractivity contribution in [1.29, 1.82) is 0 Å². The summed E-state index contributed by atoms with van der Waals surface area (Å²) in [6.07, 6.45) is 2.51. The van der Waals surface area contributed by atoms with Gasteiger partial charge in [0.05, 0.1) is 5.60 Å². The van der Waals surface area contributed by atoms with Crippen LogP contribution in [0, 0.1) is 6.92 Å². The Morgan fingerprint density at radius 1 is 1.33 bits per heavy atom. The summed E-state index contributed by atoms with van der Waals surface area (Å²) in [5.74, 6) is 0. The van der Waals surface area contributed by atoms with Gasteiger partial charge in [-0.05, 0) is 32.3 Å². The van der Waals surface area contributed by atoms with Crippen molar-refractivity contribution in [1.82, 2.24) is 5.32 Å². The van der Waals surface area contributed by atoms with Gasteiger partial charge in [-0.2, -0.15) is 0 Å². The lowest BCUT2D eigenvalue weighted by Gasteiger charge is -2.24. The Kier molecular flexibility index (Phi) is 2.81. The second kappa shape index (κ2) is 3.95. The lowest BCUT2D eigenvalue weighted by molar-refractivity contribution is 0.0566. The van der Waals surface area contributed by atoms with Gasteiger partial charge in [-0.1, -0.05) is 29.8 Å². The second-order valence-corrected chi connectivity index (χ2v) is 4.80. The first kappa shape index (κ1) is 10.7. The summed E-state index contributed by atoms with van der Waals surface area (Å²) in [5, 5.41) is 13.7. The maximum absolute atomic E-state index is 10.3. The summed E-state index contributed by atoms with van der Waals surface area (Å²) in [7, 11) is 0. The lowest BCUT2D eigenvalue weighted by atomic mass is 9.95. The number of nitrogens with one attached hydrogen (secondary N) is 1. The van der Waals surface area contributed by atoms with Crippen molar-refractivity contribution in [3.63, 3.8) is 0 Å². The smallest absolute Gasteiger partial charge is 0.0992 e. The van der Waals surface area contributed by atoms with Crippen LogP contribution in [0.1, 0.15) is 30.9 Å². The third-order valence-electron chi connectivity index (χ3n) is 2.99. The van der Waals surface area contributed by atoms with Gasteiger partial charge in [0.15, 0.2) is 0 Å². The summed E-state index contributed by atoms with van der Waals surface area (Å²) in [4.78, 5) is 0. The van der Waals surface area contributed by atoms with E-state index < -0.39 is 5.60 Å². The van der Waals surface area contributed by atoms with Crippen LogP contribution in [0.5, 0.6) is 0 Å². The quantitative estimate of drug-likeness (QED) is 0.787. The molecule has 15 heavy (non-hydrogen) atoms. The van der Waals surface area contributed by atoms with E-state index in [2.05, 4.69) is 12.2 Å². The molecule has 0 bridgehead atoms. The molecule has 1 saturated carbocycles. The van der Waals surface area contributed by atoms with Crippen molar-refractivity contribution in [3.8, 4) is 0 Å². The summed E-state index contributed by atoms with van der Waals surface area (Å²) in [6.45, 7) is 4.56. The van der Waals surface area contributed by atoms with E-state index in [-0.39, 0.29) is 0 Å². The molecule has 1 fully saturated rings. The van der Waals surface area contributed by atoms with Gasteiger partial charge in [-0.25, -0.2) is 0 Å². The topological polar surface area (TPSA) is 32.3 Å². The van der Waals surface area contributed by atoms with Crippen LogP contribution in [0.25, 0.3) is 0 Å². The molecular weight excluding hydrogens is 186 g/mol. The van der Waals surface area contributed by atoms with E-state index in [1.165, 1.54) is 18.4 Å². The maximum Gasteiger partial charge on any atom is 0.0992 e. The van der Waals surface area contributed by atoms with Crippen LogP contribution in [0.4, 0.5) is 0 Å². The first-order chi connectivity index (χ1) is 7.08. The van der Waals surface area contributed by atoms with Gasteiger partial charge in [-0.3, -0.25) is 0 Å². The molecule has 1 aliphatic rings. The van der Waals surface area contributed by atoms with E-state index in [1.54, 1.807) is 0 Å². The summed E-state index contributed by atoms with van der Waals surface area (Å²) >= 11 is 0. The van der Waals surface area contributed by atoms with Crippen LogP contribution in [-0.2, 0) is 5.60 Å². The van der Waals surface area contributed by atoms with Gasteiger partial charge < -0.3 is 10.4 Å². The first-order valence-corrected chi connectivity index (χ1v) is 5.61. The highest BCUT2D eigenvalue weighted by Crippen LogP contribution is 2.23. The molecule has 2 nitrogen and oxygen atoms in total. The van der Waals surface area contributed by atoms with E-state index in [4.69, 9.17) is 0 Å². The fourth-order valence-electron chi connectivity index (χ4n) is 1.65. The first-order valence-electron chi connectivity index (χ1n) is 5.61. The summed E-state index contributed by atoms with van der Waals surface area (Å²) in [6, 6.07) is 8.73. The lowest BCUT2D eigenvalue weighted by Crippen LogP contribution is -2.36. The highest BCUT2D eigenvalue weighted by molar-refractivity contribution is 5.26. The van der Waals surface area contributed by atoms with Crippen LogP contribution in [0.2, 0.25) is 0 Å². The Morgan fingerprint density at radius 2 is 1.93 bits per heavy atom. The molecule has 0 saturated heterocycles. The fourth-order valence-corrected chi connectivity index (χ4v) is 1.65. The predicted molar refractivity (Wildman–Crippen MR) is 61.8 cm³/mol. The van der Waals surface area contributed by atoms with Gasteiger partial charge in [0.2, 0.25) is 0 Å². The van der Waals surface area contributed by atoms with Crippen molar-refractivity contribution in [2.75, 3.05) is 6.54 Å². The maximum atomic E-state index is 10.3. The third kappa shape index (κ3) is 2.80. The number of benzene rings is 1. The SMILES string of the molecule is Cc1ccc(C(C)(O)CNC2CC2)cc1. The Morgan fingerprint density at radius 3 is 2.47 bits per heavy atom. The highest BCUT2D eigenvalue weighted by Gasteiger charge is 2.27. The minimum Gasteiger partial charge on any atom is -0.384 e. The molecule has 0 spiro atoms. The van der Waals surface area contributed by atoms with Crippen molar-refractivity contribution < 1.29 is 5.11 Å². The monoisotopic (exact) mass is 205 g/mol. The van der Waals surface area contributed by atoms with E-state index in [0.29, 0.717) is 12.6 Å². The van der Waals surface area contributed by atoms with Crippen LogP contribution < -0.4 is 5.32 Å². The van der Waals surface area contributed by atoms with Crippen LogP contribution in [0.3, 0.4) is 0 Å². The average Bonchev–Trinajstić information content (AvgIpc) is 2.99. The molecule has 1 unspecified atom stereocenters. The standard InChI is InChI=1S/C13H19NO/c1-10-3-5-11(6-4-10)13(2,15)9-14-12-7-8-12/h3-6,12,14-15H,7-9H2,1-2H3. The number of aryl methyl sites for hydroxylation is 1. The normalized spacial score (nSPS) is 19.9. The Hall–Kier alpha value is -0.860. The zero-order chi connectivity index (χ0) is 10.9. The van der Waals surface area contributed by atoms with Crippen LogP contribution in [0.15, 0.2) is 24.3 Å². The van der Waals surface area contributed by atoms with Crippen molar-refractivity contribution in [3.05, 3.63) is 35.4 Å². The number of hydrogen-bond donors (Lipinski definition) is 2. The summed E-state index contributed by atoms with van der Waals surface area (Å²) in [5.41, 5.74) is 1.46. The molecule has 0 amide bonds. The number of hydrogen-bond acceptors (Lipinski definition) is 2. The fraction of sp³-hybridized carbons (Fsp3) is 0.538. The van der Waals surface area contributed by atoms with Crippen LogP contribution in [-0.4, -0.2) is 17.7 Å². The molecule has 0 aromatic heterocycles. The van der Waals surface area contributed by atoms with Crippen LogP contribution >= 0.6 is 0 Å². The molecule has 2 N–H and O–H groups in total. The molecule has 1 aliphatic carbocycles. The number of rotatable bonds is 4. The molecule has 2 rings (SSSR count). The van der Waals surface area contributed by atoms with E-state index in [1.807, 2.05) is 31.2 Å². The van der Waals surface area contributed by atoms with E-state index in [9.17, 15) is 5.11 Å². The molecule has 1 aromatic rings. The average molecular weight is 205 g/mol. The van der Waals surface area contributed by atoms with Gasteiger partial charge in [0.25, 0.3) is 0 Å². The van der Waals surface area contributed by atoms with E-state index in [0.717, 1.165) is 5.56 Å². The van der Waals surface area contributed by atoms with Gasteiger partial charge in [0, 0.05) is 12.6 Å². The number of aliphatic hydroxyl groups is 1. The van der Waals surface area contributed by atoms with Crippen molar-refractivity contribution >= 4 is 0 Å². The molecule has 1 atom stereocenters. The van der Waals surface area contributed by atoms with Crippen molar-refractivity contribution in [2.24, 2.45) is 0 Å².